The second-order valence-electron chi connectivity index (χ2n) is 16.3. The van der Waals surface area contributed by atoms with Gasteiger partial charge < -0.3 is 8.97 Å². The van der Waals surface area contributed by atoms with Crippen LogP contribution in [0.25, 0.3) is 137 Å². The maximum atomic E-state index is 5.79. The van der Waals surface area contributed by atoms with Crippen molar-refractivity contribution >= 4 is 120 Å². The van der Waals surface area contributed by atoms with Gasteiger partial charge in [0.25, 0.3) is 0 Å². The summed E-state index contributed by atoms with van der Waals surface area (Å²) in [5.41, 5.74) is 14.1. The van der Waals surface area contributed by atoms with Crippen molar-refractivity contribution in [1.29, 1.82) is 0 Å². The minimum absolute atomic E-state index is 1.00. The number of benzene rings is 9. The van der Waals surface area contributed by atoms with Crippen LogP contribution in [0.3, 0.4) is 0 Å². The van der Waals surface area contributed by atoms with Gasteiger partial charge in [-0.15, -0.1) is 0 Å². The predicted molar refractivity (Wildman–Crippen MR) is 248 cm³/mol. The standard InChI is InChI=1S/C55H30N4/c1-2-14-34(15-3-1)57-46-23-9-8-18-38(46)43-28-33(25-27-47(43)57)37-19-10-21-41-49-35-16-6-5-13-32(35)29-44-45-30-48-50(56-55(45)59(52(37)41)54(44)49)42-22-11-20-39-40-26-24-31-12-4-7-17-36(31)51(40)58(48)53(39)42/h1-30H. The number of rotatable bonds is 2. The molecule has 9 aromatic carbocycles. The van der Waals surface area contributed by atoms with Crippen LogP contribution in [0.1, 0.15) is 0 Å². The zero-order chi connectivity index (χ0) is 38.1. The summed E-state index contributed by atoms with van der Waals surface area (Å²) in [6.45, 7) is 0. The van der Waals surface area contributed by atoms with Gasteiger partial charge in [-0.05, 0) is 64.2 Å². The molecule has 15 rings (SSSR count). The van der Waals surface area contributed by atoms with Gasteiger partial charge in [-0.2, -0.15) is 0 Å². The Bertz CT molecular complexity index is 4300. The predicted octanol–water partition coefficient (Wildman–Crippen LogP) is 14.5. The second kappa shape index (κ2) is 10.5. The SMILES string of the molecule is c1ccc(-n2c3ccccc3c3cc(-c4cccc5c6c7ccccc7cc7c8cc9c(nc8n(c45)c76)c4cccc5c6ccc7ccccc7c6n9c54)ccc32)cc1. The van der Waals surface area contributed by atoms with Crippen LogP contribution >= 0.6 is 0 Å². The van der Waals surface area contributed by atoms with Gasteiger partial charge in [0.2, 0.25) is 0 Å². The molecule has 0 saturated heterocycles. The van der Waals surface area contributed by atoms with E-state index in [0.717, 1.165) is 22.4 Å². The normalized spacial score (nSPS) is 12.7. The third-order valence-corrected chi connectivity index (χ3v) is 13.4. The van der Waals surface area contributed by atoms with E-state index in [4.69, 9.17) is 4.98 Å². The topological polar surface area (TPSA) is 26.6 Å². The van der Waals surface area contributed by atoms with Crippen molar-refractivity contribution in [2.24, 2.45) is 0 Å². The number of aromatic nitrogens is 4. The van der Waals surface area contributed by atoms with Crippen molar-refractivity contribution in [1.82, 2.24) is 18.4 Å². The van der Waals surface area contributed by atoms with Gasteiger partial charge in [0.1, 0.15) is 5.65 Å². The van der Waals surface area contributed by atoms with E-state index in [1.54, 1.807) is 0 Å². The van der Waals surface area contributed by atoms with E-state index in [1.807, 2.05) is 0 Å². The van der Waals surface area contributed by atoms with Crippen molar-refractivity contribution in [2.45, 2.75) is 0 Å². The third-order valence-electron chi connectivity index (χ3n) is 13.4. The first kappa shape index (κ1) is 30.2. The molecular formula is C55H30N4. The summed E-state index contributed by atoms with van der Waals surface area (Å²) >= 11 is 0. The molecule has 0 fully saturated rings. The van der Waals surface area contributed by atoms with Crippen molar-refractivity contribution in [3.63, 3.8) is 0 Å². The minimum atomic E-state index is 1.00. The molecule has 6 aromatic heterocycles. The molecule has 270 valence electrons. The second-order valence-corrected chi connectivity index (χ2v) is 16.3. The highest BCUT2D eigenvalue weighted by Crippen LogP contribution is 2.48. The zero-order valence-electron chi connectivity index (χ0n) is 31.6. The van der Waals surface area contributed by atoms with Crippen LogP contribution in [0, 0.1) is 0 Å². The van der Waals surface area contributed by atoms with Gasteiger partial charge in [0.05, 0.1) is 44.1 Å². The van der Waals surface area contributed by atoms with Gasteiger partial charge in [0, 0.05) is 65.1 Å². The first-order valence-electron chi connectivity index (χ1n) is 20.4. The fourth-order valence-corrected chi connectivity index (χ4v) is 11.1. The third kappa shape index (κ3) is 3.60. The molecule has 0 aliphatic heterocycles. The smallest absolute Gasteiger partial charge is 0.146 e. The molecule has 4 nitrogen and oxygen atoms in total. The van der Waals surface area contributed by atoms with Gasteiger partial charge in [-0.1, -0.05) is 140 Å². The summed E-state index contributed by atoms with van der Waals surface area (Å²) in [7, 11) is 0. The maximum absolute atomic E-state index is 5.79. The lowest BCUT2D eigenvalue weighted by molar-refractivity contribution is 1.18. The summed E-state index contributed by atoms with van der Waals surface area (Å²) in [6.07, 6.45) is 0. The Kier molecular flexibility index (Phi) is 5.38. The van der Waals surface area contributed by atoms with E-state index in [0.29, 0.717) is 0 Å². The fraction of sp³-hybridized carbons (Fsp3) is 0. The first-order valence-corrected chi connectivity index (χ1v) is 20.4. The summed E-state index contributed by atoms with van der Waals surface area (Å²) in [6, 6.07) is 67.2. The summed E-state index contributed by atoms with van der Waals surface area (Å²) in [5, 5.41) is 16.2. The highest BCUT2D eigenvalue weighted by Gasteiger charge is 2.26. The Hall–Kier alpha value is -7.95. The Morgan fingerprint density at radius 1 is 0.339 bits per heavy atom. The fourth-order valence-electron chi connectivity index (χ4n) is 11.1. The van der Waals surface area contributed by atoms with Crippen molar-refractivity contribution in [2.75, 3.05) is 0 Å². The van der Waals surface area contributed by atoms with Crippen molar-refractivity contribution in [3.05, 3.63) is 182 Å². The highest BCUT2D eigenvalue weighted by molar-refractivity contribution is 6.34. The molecule has 6 heterocycles. The van der Waals surface area contributed by atoms with Crippen LogP contribution in [-0.2, 0) is 0 Å². The maximum Gasteiger partial charge on any atom is 0.146 e. The molecular weight excluding hydrogens is 717 g/mol. The van der Waals surface area contributed by atoms with Crippen LogP contribution in [0.15, 0.2) is 182 Å². The monoisotopic (exact) mass is 746 g/mol. The minimum Gasteiger partial charge on any atom is -0.309 e. The Morgan fingerprint density at radius 3 is 1.95 bits per heavy atom. The Labute approximate surface area is 335 Å². The lowest BCUT2D eigenvalue weighted by atomic mass is 9.97. The van der Waals surface area contributed by atoms with Crippen molar-refractivity contribution in [3.8, 4) is 16.8 Å². The Balaban J connectivity index is 1.11. The lowest BCUT2D eigenvalue weighted by Gasteiger charge is -2.09. The van der Waals surface area contributed by atoms with E-state index < -0.39 is 0 Å². The number of hydrogen-bond donors (Lipinski definition) is 0. The van der Waals surface area contributed by atoms with E-state index in [9.17, 15) is 0 Å². The van der Waals surface area contributed by atoms with Crippen LogP contribution in [0.2, 0.25) is 0 Å². The average Bonchev–Trinajstić information content (AvgIpc) is 4.08. The molecule has 0 amide bonds. The average molecular weight is 747 g/mol. The van der Waals surface area contributed by atoms with E-state index in [1.165, 1.54) is 114 Å². The van der Waals surface area contributed by atoms with Gasteiger partial charge in [0.15, 0.2) is 0 Å². The molecule has 15 aromatic rings. The molecule has 0 unspecified atom stereocenters. The summed E-state index contributed by atoms with van der Waals surface area (Å²) in [5.74, 6) is 0. The molecule has 0 atom stereocenters. The molecule has 4 heteroatoms. The molecule has 0 N–H and O–H groups in total. The Morgan fingerprint density at radius 2 is 1.03 bits per heavy atom. The van der Waals surface area contributed by atoms with E-state index in [2.05, 4.69) is 195 Å². The number of para-hydroxylation sites is 4. The molecule has 0 spiro atoms. The molecule has 0 aliphatic carbocycles. The number of hydrogen-bond acceptors (Lipinski definition) is 1. The van der Waals surface area contributed by atoms with E-state index in [-0.39, 0.29) is 0 Å². The first-order chi connectivity index (χ1) is 29.3. The summed E-state index contributed by atoms with van der Waals surface area (Å²) in [4.78, 5) is 5.79. The number of nitrogens with zero attached hydrogens (tertiary/aromatic N) is 4. The molecule has 0 radical (unpaired) electrons. The van der Waals surface area contributed by atoms with Gasteiger partial charge >= 0.3 is 0 Å². The van der Waals surface area contributed by atoms with Crippen LogP contribution in [0.4, 0.5) is 0 Å². The molecule has 59 heavy (non-hydrogen) atoms. The number of pyridine rings is 1. The molecule has 0 saturated carbocycles. The van der Waals surface area contributed by atoms with Crippen LogP contribution in [-0.4, -0.2) is 18.4 Å². The van der Waals surface area contributed by atoms with Crippen molar-refractivity contribution < 1.29 is 0 Å². The highest BCUT2D eigenvalue weighted by atomic mass is 15.0. The quantitative estimate of drug-likeness (QED) is 0.173. The lowest BCUT2D eigenvalue weighted by Crippen LogP contribution is -1.93. The van der Waals surface area contributed by atoms with E-state index >= 15 is 0 Å². The van der Waals surface area contributed by atoms with Gasteiger partial charge in [-0.3, -0.25) is 4.40 Å². The largest absolute Gasteiger partial charge is 0.309 e. The van der Waals surface area contributed by atoms with Gasteiger partial charge in [-0.25, -0.2) is 4.98 Å². The van der Waals surface area contributed by atoms with Crippen LogP contribution < -0.4 is 0 Å². The summed E-state index contributed by atoms with van der Waals surface area (Å²) < 4.78 is 7.39. The number of fused-ring (bicyclic) bond motifs is 19. The molecule has 0 bridgehead atoms. The molecule has 0 aliphatic rings. The zero-order valence-corrected chi connectivity index (χ0v) is 31.6. The van der Waals surface area contributed by atoms with Crippen LogP contribution in [0.5, 0.6) is 0 Å².